The summed E-state index contributed by atoms with van der Waals surface area (Å²) in [6, 6.07) is 5.33. The Bertz CT molecular complexity index is 566. The largest absolute Gasteiger partial charge is 0.496 e. The third kappa shape index (κ3) is 2.33. The molecule has 0 unspecified atom stereocenters. The van der Waals surface area contributed by atoms with Gasteiger partial charge >= 0.3 is 0 Å². The summed E-state index contributed by atoms with van der Waals surface area (Å²) in [6.45, 7) is 1.92. The highest BCUT2D eigenvalue weighted by Gasteiger charge is 2.14. The number of methoxy groups -OCH3 is 1. The predicted molar refractivity (Wildman–Crippen MR) is 69.2 cm³/mol. The Hall–Kier alpha value is -1.39. The van der Waals surface area contributed by atoms with E-state index in [1.165, 1.54) is 11.3 Å². The second-order valence-corrected chi connectivity index (χ2v) is 5.09. The molecule has 2 aromatic rings. The van der Waals surface area contributed by atoms with Crippen LogP contribution in [0.15, 0.2) is 18.2 Å². The summed E-state index contributed by atoms with van der Waals surface area (Å²) in [5.41, 5.74) is 1.55. The van der Waals surface area contributed by atoms with Gasteiger partial charge in [0.2, 0.25) is 0 Å². The molecule has 0 radical (unpaired) electrons. The molecule has 0 atom stereocenters. The van der Waals surface area contributed by atoms with E-state index in [1.807, 2.05) is 6.92 Å². The fourth-order valence-electron chi connectivity index (χ4n) is 1.58. The molecule has 17 heavy (non-hydrogen) atoms. The molecule has 3 nitrogen and oxygen atoms in total. The fourth-order valence-corrected chi connectivity index (χ4v) is 2.51. The normalized spacial score (nSPS) is 10.3. The summed E-state index contributed by atoms with van der Waals surface area (Å²) in [7, 11) is 1.59. The Morgan fingerprint density at radius 3 is 2.82 bits per heavy atom. The van der Waals surface area contributed by atoms with Gasteiger partial charge in [-0.3, -0.25) is 4.79 Å². The molecular formula is C12H10ClNO2S. The molecule has 0 fully saturated rings. The zero-order valence-electron chi connectivity index (χ0n) is 9.36. The van der Waals surface area contributed by atoms with Gasteiger partial charge < -0.3 is 4.74 Å². The Morgan fingerprint density at radius 1 is 1.47 bits per heavy atom. The summed E-state index contributed by atoms with van der Waals surface area (Å²) < 4.78 is 5.27. The first kappa shape index (κ1) is 12.1. The van der Waals surface area contributed by atoms with Crippen molar-refractivity contribution >= 4 is 29.2 Å². The van der Waals surface area contributed by atoms with Gasteiger partial charge in [-0.2, -0.15) is 0 Å². The van der Waals surface area contributed by atoms with Crippen molar-refractivity contribution in [3.05, 3.63) is 33.1 Å². The minimum Gasteiger partial charge on any atom is -0.496 e. The molecule has 1 aromatic carbocycles. The number of benzene rings is 1. The number of aryl methyl sites for hydroxylation is 1. The number of halogens is 1. The van der Waals surface area contributed by atoms with Crippen LogP contribution in [0.2, 0.25) is 5.02 Å². The van der Waals surface area contributed by atoms with E-state index in [0.29, 0.717) is 15.8 Å². The number of aldehydes is 1. The molecule has 0 spiro atoms. The minimum absolute atomic E-state index is 0.458. The summed E-state index contributed by atoms with van der Waals surface area (Å²) in [6.07, 6.45) is 0.748. The zero-order valence-corrected chi connectivity index (χ0v) is 10.9. The van der Waals surface area contributed by atoms with E-state index in [4.69, 9.17) is 16.3 Å². The highest BCUT2D eigenvalue weighted by molar-refractivity contribution is 7.13. The number of aromatic nitrogens is 1. The van der Waals surface area contributed by atoms with E-state index in [1.54, 1.807) is 25.3 Å². The van der Waals surface area contributed by atoms with Crippen LogP contribution in [-0.2, 0) is 0 Å². The average molecular weight is 268 g/mol. The summed E-state index contributed by atoms with van der Waals surface area (Å²) in [5.74, 6) is 0.695. The molecule has 1 aromatic heterocycles. The van der Waals surface area contributed by atoms with Crippen molar-refractivity contribution in [1.29, 1.82) is 0 Å². The van der Waals surface area contributed by atoms with Gasteiger partial charge in [-0.25, -0.2) is 4.98 Å². The van der Waals surface area contributed by atoms with Crippen LogP contribution in [0.25, 0.3) is 11.3 Å². The topological polar surface area (TPSA) is 39.2 Å². The number of thiazole rings is 1. The number of hydrogen-bond donors (Lipinski definition) is 0. The van der Waals surface area contributed by atoms with E-state index in [9.17, 15) is 4.79 Å². The Balaban J connectivity index is 2.61. The second kappa shape index (κ2) is 4.85. The lowest BCUT2D eigenvalue weighted by atomic mass is 10.1. The second-order valence-electron chi connectivity index (χ2n) is 3.42. The first-order valence-corrected chi connectivity index (χ1v) is 6.11. The smallest absolute Gasteiger partial charge is 0.178 e. The highest BCUT2D eigenvalue weighted by Crippen LogP contribution is 2.35. The van der Waals surface area contributed by atoms with Crippen LogP contribution in [0.5, 0.6) is 5.75 Å². The fraction of sp³-hybridized carbons (Fsp3) is 0.167. The highest BCUT2D eigenvalue weighted by atomic mass is 35.5. The van der Waals surface area contributed by atoms with Crippen LogP contribution < -0.4 is 4.74 Å². The van der Waals surface area contributed by atoms with Gasteiger partial charge in [0.25, 0.3) is 0 Å². The summed E-state index contributed by atoms with van der Waals surface area (Å²) >= 11 is 7.32. The van der Waals surface area contributed by atoms with Gasteiger partial charge in [0.1, 0.15) is 5.75 Å². The van der Waals surface area contributed by atoms with Gasteiger partial charge in [-0.15, -0.1) is 11.3 Å². The lowest BCUT2D eigenvalue weighted by Crippen LogP contribution is -1.89. The van der Waals surface area contributed by atoms with E-state index < -0.39 is 0 Å². The third-order valence-electron chi connectivity index (χ3n) is 2.33. The molecular weight excluding hydrogens is 258 g/mol. The first-order valence-electron chi connectivity index (χ1n) is 4.92. The number of carbonyl (C=O) groups excluding carboxylic acids is 1. The van der Waals surface area contributed by atoms with Crippen molar-refractivity contribution < 1.29 is 9.53 Å². The van der Waals surface area contributed by atoms with Crippen molar-refractivity contribution in [2.45, 2.75) is 6.92 Å². The number of ether oxygens (including phenoxy) is 1. The molecule has 0 saturated heterocycles. The van der Waals surface area contributed by atoms with Gasteiger partial charge in [0, 0.05) is 15.5 Å². The maximum absolute atomic E-state index is 10.7. The van der Waals surface area contributed by atoms with Crippen molar-refractivity contribution in [3.63, 3.8) is 0 Å². The lowest BCUT2D eigenvalue weighted by molar-refractivity contribution is 0.112. The van der Waals surface area contributed by atoms with Crippen molar-refractivity contribution in [2.24, 2.45) is 0 Å². The first-order chi connectivity index (χ1) is 8.15. The van der Waals surface area contributed by atoms with E-state index >= 15 is 0 Å². The summed E-state index contributed by atoms with van der Waals surface area (Å²) in [5, 5.41) is 1.07. The molecule has 0 bridgehead atoms. The molecule has 1 heterocycles. The van der Waals surface area contributed by atoms with Crippen molar-refractivity contribution in [3.8, 4) is 17.0 Å². The van der Waals surface area contributed by atoms with E-state index in [-0.39, 0.29) is 0 Å². The molecule has 0 amide bonds. The van der Waals surface area contributed by atoms with Crippen molar-refractivity contribution in [2.75, 3.05) is 7.11 Å². The molecule has 0 saturated carbocycles. The van der Waals surface area contributed by atoms with Crippen molar-refractivity contribution in [1.82, 2.24) is 4.98 Å². The monoisotopic (exact) mass is 267 g/mol. The average Bonchev–Trinajstić information content (AvgIpc) is 2.70. The minimum atomic E-state index is 0.458. The molecule has 2 rings (SSSR count). The zero-order chi connectivity index (χ0) is 12.4. The van der Waals surface area contributed by atoms with E-state index in [0.717, 1.165) is 22.4 Å². The van der Waals surface area contributed by atoms with Crippen LogP contribution in [0.1, 0.15) is 14.7 Å². The Morgan fingerprint density at radius 2 is 2.24 bits per heavy atom. The maximum atomic E-state index is 10.7. The molecule has 0 N–H and O–H groups in total. The quantitative estimate of drug-likeness (QED) is 0.798. The summed E-state index contributed by atoms with van der Waals surface area (Å²) in [4.78, 5) is 15.9. The number of rotatable bonds is 3. The van der Waals surface area contributed by atoms with E-state index in [2.05, 4.69) is 4.98 Å². The molecule has 5 heteroatoms. The van der Waals surface area contributed by atoms with Gasteiger partial charge in [-0.05, 0) is 25.1 Å². The van der Waals surface area contributed by atoms with Gasteiger partial charge in [-0.1, -0.05) is 11.6 Å². The molecule has 88 valence electrons. The predicted octanol–water partition coefficient (Wildman–Crippen LogP) is 3.59. The Kier molecular flexibility index (Phi) is 3.45. The van der Waals surface area contributed by atoms with Crippen LogP contribution in [0.3, 0.4) is 0 Å². The van der Waals surface area contributed by atoms with Crippen LogP contribution in [0.4, 0.5) is 0 Å². The van der Waals surface area contributed by atoms with Crippen LogP contribution in [0, 0.1) is 6.92 Å². The lowest BCUT2D eigenvalue weighted by Gasteiger charge is -2.07. The number of carbonyl (C=O) groups is 1. The molecule has 0 aliphatic carbocycles. The SMILES string of the molecule is COc1ccc(Cl)cc1-c1nc(C=O)sc1C. The third-order valence-corrected chi connectivity index (χ3v) is 3.46. The maximum Gasteiger partial charge on any atom is 0.178 e. The number of nitrogens with zero attached hydrogens (tertiary/aromatic N) is 1. The standard InChI is InChI=1S/C12H10ClNO2S/c1-7-12(14-11(6-15)17-7)9-5-8(13)3-4-10(9)16-2/h3-6H,1-2H3. The number of hydrogen-bond acceptors (Lipinski definition) is 4. The van der Waals surface area contributed by atoms with Gasteiger partial charge in [0.15, 0.2) is 11.3 Å². The Labute approximate surface area is 108 Å². The van der Waals surface area contributed by atoms with Crippen LogP contribution in [-0.4, -0.2) is 18.4 Å². The van der Waals surface area contributed by atoms with Crippen LogP contribution >= 0.6 is 22.9 Å². The molecule has 0 aliphatic rings. The molecule has 0 aliphatic heterocycles. The van der Waals surface area contributed by atoms with Gasteiger partial charge in [0.05, 0.1) is 12.8 Å².